The average Bonchev–Trinajstić information content (AvgIpc) is 3.12. The lowest BCUT2D eigenvalue weighted by atomic mass is 10.0. The van der Waals surface area contributed by atoms with Gasteiger partial charge >= 0.3 is 0 Å². The number of aromatic nitrogens is 1. The van der Waals surface area contributed by atoms with E-state index in [4.69, 9.17) is 9.26 Å². The molecule has 3 aromatic carbocycles. The Hall–Kier alpha value is -3.51. The second kappa shape index (κ2) is 7.62. The molecule has 0 radical (unpaired) electrons. The summed E-state index contributed by atoms with van der Waals surface area (Å²) >= 11 is 0. The van der Waals surface area contributed by atoms with Gasteiger partial charge in [-0.1, -0.05) is 35.5 Å². The standard InChI is InChI=1S/C22H15F2NO3/c23-16-9-15(10-17(24)12-16)22-20(13-26)21(25-28-22)14-5-4-8-19(11-14)27-18-6-2-1-3-7-18/h1-12,26H,13H2. The maximum absolute atomic E-state index is 13.6. The summed E-state index contributed by atoms with van der Waals surface area (Å²) in [4.78, 5) is 0. The topological polar surface area (TPSA) is 55.5 Å². The molecule has 4 nitrogen and oxygen atoms in total. The lowest BCUT2D eigenvalue weighted by Gasteiger charge is -2.07. The smallest absolute Gasteiger partial charge is 0.173 e. The molecule has 0 fully saturated rings. The number of aliphatic hydroxyl groups excluding tert-OH is 1. The summed E-state index contributed by atoms with van der Waals surface area (Å²) in [5, 5.41) is 13.8. The molecule has 0 aliphatic heterocycles. The highest BCUT2D eigenvalue weighted by molar-refractivity contribution is 5.73. The second-order valence-corrected chi connectivity index (χ2v) is 6.10. The van der Waals surface area contributed by atoms with E-state index in [0.717, 1.165) is 18.2 Å². The van der Waals surface area contributed by atoms with Gasteiger partial charge in [-0.25, -0.2) is 8.78 Å². The SMILES string of the molecule is OCc1c(-c2cccc(Oc3ccccc3)c2)noc1-c1cc(F)cc(F)c1. The molecular formula is C22H15F2NO3. The minimum absolute atomic E-state index is 0.116. The zero-order chi connectivity index (χ0) is 19.5. The number of benzene rings is 3. The number of para-hydroxylation sites is 1. The molecular weight excluding hydrogens is 364 g/mol. The van der Waals surface area contributed by atoms with Gasteiger partial charge in [0.05, 0.1) is 12.2 Å². The number of rotatable bonds is 5. The van der Waals surface area contributed by atoms with Gasteiger partial charge in [0.1, 0.15) is 28.8 Å². The van der Waals surface area contributed by atoms with Crippen molar-refractivity contribution in [1.29, 1.82) is 0 Å². The van der Waals surface area contributed by atoms with E-state index >= 15 is 0 Å². The van der Waals surface area contributed by atoms with Crippen LogP contribution in [-0.2, 0) is 6.61 Å². The normalized spacial score (nSPS) is 10.8. The van der Waals surface area contributed by atoms with Crippen LogP contribution in [0.3, 0.4) is 0 Å². The first-order chi connectivity index (χ1) is 13.6. The molecule has 4 rings (SSSR count). The monoisotopic (exact) mass is 379 g/mol. The van der Waals surface area contributed by atoms with Crippen LogP contribution in [0.2, 0.25) is 0 Å². The van der Waals surface area contributed by atoms with Crippen molar-refractivity contribution >= 4 is 0 Å². The van der Waals surface area contributed by atoms with Crippen molar-refractivity contribution in [3.8, 4) is 34.1 Å². The number of nitrogens with zero attached hydrogens (tertiary/aromatic N) is 1. The van der Waals surface area contributed by atoms with Crippen LogP contribution in [0.1, 0.15) is 5.56 Å². The van der Waals surface area contributed by atoms with Crippen molar-refractivity contribution < 1.29 is 23.1 Å². The summed E-state index contributed by atoms with van der Waals surface area (Å²) in [5.74, 6) is -0.109. The highest BCUT2D eigenvalue weighted by atomic mass is 19.1. The molecule has 0 spiro atoms. The van der Waals surface area contributed by atoms with Crippen LogP contribution in [0.5, 0.6) is 11.5 Å². The quantitative estimate of drug-likeness (QED) is 0.492. The van der Waals surface area contributed by atoms with Crippen LogP contribution in [0.15, 0.2) is 77.3 Å². The number of ether oxygens (including phenoxy) is 1. The van der Waals surface area contributed by atoms with Gasteiger partial charge in [-0.3, -0.25) is 0 Å². The average molecular weight is 379 g/mol. The number of hydrogen-bond acceptors (Lipinski definition) is 4. The van der Waals surface area contributed by atoms with Crippen molar-refractivity contribution in [2.75, 3.05) is 0 Å². The summed E-state index contributed by atoms with van der Waals surface area (Å²) in [6.45, 7) is -0.407. The van der Waals surface area contributed by atoms with E-state index in [-0.39, 0.29) is 11.3 Å². The molecule has 1 N–H and O–H groups in total. The summed E-state index contributed by atoms with van der Waals surface area (Å²) < 4.78 is 38.2. The molecule has 0 aliphatic rings. The van der Waals surface area contributed by atoms with E-state index in [1.54, 1.807) is 24.3 Å². The molecule has 6 heteroatoms. The van der Waals surface area contributed by atoms with Crippen LogP contribution in [0.25, 0.3) is 22.6 Å². The molecule has 1 heterocycles. The minimum Gasteiger partial charge on any atom is -0.457 e. The zero-order valence-corrected chi connectivity index (χ0v) is 14.6. The molecule has 1 aromatic heterocycles. The summed E-state index contributed by atoms with van der Waals surface area (Å²) in [5.41, 5.74) is 1.52. The first-order valence-electron chi connectivity index (χ1n) is 8.53. The van der Waals surface area contributed by atoms with Crippen LogP contribution >= 0.6 is 0 Å². The lowest BCUT2D eigenvalue weighted by molar-refractivity contribution is 0.281. The lowest BCUT2D eigenvalue weighted by Crippen LogP contribution is -1.91. The van der Waals surface area contributed by atoms with Crippen molar-refractivity contribution in [1.82, 2.24) is 5.16 Å². The van der Waals surface area contributed by atoms with Crippen LogP contribution in [-0.4, -0.2) is 10.3 Å². The van der Waals surface area contributed by atoms with Crippen LogP contribution in [0, 0.1) is 11.6 Å². The molecule has 0 atom stereocenters. The molecule has 140 valence electrons. The Morgan fingerprint density at radius 3 is 2.25 bits per heavy atom. The van der Waals surface area contributed by atoms with Gasteiger partial charge in [-0.2, -0.15) is 0 Å². The molecule has 0 saturated carbocycles. The zero-order valence-electron chi connectivity index (χ0n) is 14.6. The molecule has 4 aromatic rings. The Labute approximate surface area is 159 Å². The van der Waals surface area contributed by atoms with Gasteiger partial charge in [0.15, 0.2) is 5.76 Å². The summed E-state index contributed by atoms with van der Waals surface area (Å²) in [6, 6.07) is 19.4. The highest BCUT2D eigenvalue weighted by Gasteiger charge is 2.20. The number of aliphatic hydroxyl groups is 1. The van der Waals surface area contributed by atoms with Gasteiger partial charge in [0.2, 0.25) is 0 Å². The Balaban J connectivity index is 1.72. The van der Waals surface area contributed by atoms with E-state index in [0.29, 0.717) is 28.3 Å². The molecule has 0 unspecified atom stereocenters. The molecule has 0 saturated heterocycles. The van der Waals surface area contributed by atoms with E-state index in [1.807, 2.05) is 30.3 Å². The Morgan fingerprint density at radius 2 is 1.54 bits per heavy atom. The highest BCUT2D eigenvalue weighted by Crippen LogP contribution is 2.34. The Kier molecular flexibility index (Phi) is 4.87. The van der Waals surface area contributed by atoms with E-state index < -0.39 is 18.2 Å². The van der Waals surface area contributed by atoms with Gasteiger partial charge in [-0.15, -0.1) is 0 Å². The third kappa shape index (κ3) is 3.63. The van der Waals surface area contributed by atoms with Crippen molar-refractivity contribution in [2.45, 2.75) is 6.61 Å². The first kappa shape index (κ1) is 17.9. The predicted molar refractivity (Wildman–Crippen MR) is 99.7 cm³/mol. The van der Waals surface area contributed by atoms with E-state index in [9.17, 15) is 13.9 Å². The largest absolute Gasteiger partial charge is 0.457 e. The predicted octanol–water partition coefficient (Wildman–Crippen LogP) is 5.57. The number of hydrogen-bond donors (Lipinski definition) is 1. The van der Waals surface area contributed by atoms with Crippen molar-refractivity contribution in [3.63, 3.8) is 0 Å². The van der Waals surface area contributed by atoms with E-state index in [1.165, 1.54) is 0 Å². The van der Waals surface area contributed by atoms with Gasteiger partial charge < -0.3 is 14.4 Å². The molecule has 28 heavy (non-hydrogen) atoms. The summed E-state index contributed by atoms with van der Waals surface area (Å²) in [6.07, 6.45) is 0. The molecule has 0 bridgehead atoms. The van der Waals surface area contributed by atoms with Crippen LogP contribution in [0.4, 0.5) is 8.78 Å². The second-order valence-electron chi connectivity index (χ2n) is 6.10. The van der Waals surface area contributed by atoms with Gasteiger partial charge in [0.25, 0.3) is 0 Å². The van der Waals surface area contributed by atoms with Crippen molar-refractivity contribution in [3.05, 3.63) is 90.0 Å². The Morgan fingerprint density at radius 1 is 0.821 bits per heavy atom. The fraction of sp³-hybridized carbons (Fsp3) is 0.0455. The minimum atomic E-state index is -0.741. The van der Waals surface area contributed by atoms with E-state index in [2.05, 4.69) is 5.16 Å². The number of halogens is 2. The Bertz CT molecular complexity index is 1090. The van der Waals surface area contributed by atoms with Crippen molar-refractivity contribution in [2.24, 2.45) is 0 Å². The molecule has 0 amide bonds. The van der Waals surface area contributed by atoms with Gasteiger partial charge in [-0.05, 0) is 36.4 Å². The van der Waals surface area contributed by atoms with Crippen LogP contribution < -0.4 is 4.74 Å². The third-order valence-corrected chi connectivity index (χ3v) is 4.16. The van der Waals surface area contributed by atoms with Gasteiger partial charge in [0, 0.05) is 17.2 Å². The maximum Gasteiger partial charge on any atom is 0.173 e. The first-order valence-corrected chi connectivity index (χ1v) is 8.53. The molecule has 0 aliphatic carbocycles. The fourth-order valence-corrected chi connectivity index (χ4v) is 2.93. The summed E-state index contributed by atoms with van der Waals surface area (Å²) in [7, 11) is 0. The third-order valence-electron chi connectivity index (χ3n) is 4.16. The fourth-order valence-electron chi connectivity index (χ4n) is 2.93. The maximum atomic E-state index is 13.6.